The normalized spacial score (nSPS) is 19.1. The Labute approximate surface area is 164 Å². The Morgan fingerprint density at radius 2 is 2.04 bits per heavy atom. The monoisotopic (exact) mass is 378 g/mol. The molecule has 2 aliphatic rings. The van der Waals surface area contributed by atoms with Crippen LogP contribution in [0, 0.1) is 6.92 Å². The second-order valence-corrected chi connectivity index (χ2v) is 8.01. The molecule has 6 heteroatoms. The standard InChI is InChI=1S/C22H26N4O2/c1-14-23-20-18(25(14)3)13-16(22(27)26-11-4-5-12-26)15-8-9-19(28-21(15)20)17-7-6-10-24(17)2/h6-7,10,13,19H,4-5,8-9,11-12H2,1-3H3/t19-/m0/s1. The Kier molecular flexibility index (Phi) is 3.96. The molecule has 6 nitrogen and oxygen atoms in total. The number of amides is 1. The lowest BCUT2D eigenvalue weighted by atomic mass is 9.94. The fourth-order valence-electron chi connectivity index (χ4n) is 4.60. The second-order valence-electron chi connectivity index (χ2n) is 8.01. The molecular formula is C22H26N4O2. The molecule has 5 rings (SSSR count). The maximum Gasteiger partial charge on any atom is 0.254 e. The number of ether oxygens (including phenoxy) is 1. The zero-order chi connectivity index (χ0) is 19.4. The summed E-state index contributed by atoms with van der Waals surface area (Å²) in [6.45, 7) is 3.69. The van der Waals surface area contributed by atoms with Gasteiger partial charge in [0.2, 0.25) is 0 Å². The predicted molar refractivity (Wildman–Crippen MR) is 108 cm³/mol. The molecule has 1 aromatic carbocycles. The van der Waals surface area contributed by atoms with Gasteiger partial charge in [0.05, 0.1) is 11.2 Å². The molecule has 0 unspecified atom stereocenters. The summed E-state index contributed by atoms with van der Waals surface area (Å²) in [6, 6.07) is 6.18. The third-order valence-corrected chi connectivity index (χ3v) is 6.31. The summed E-state index contributed by atoms with van der Waals surface area (Å²) < 4.78 is 10.7. The topological polar surface area (TPSA) is 52.3 Å². The average Bonchev–Trinajstić information content (AvgIpc) is 3.43. The van der Waals surface area contributed by atoms with Crippen molar-refractivity contribution in [3.05, 3.63) is 47.0 Å². The summed E-state index contributed by atoms with van der Waals surface area (Å²) in [5.74, 6) is 1.85. The van der Waals surface area contributed by atoms with Crippen molar-refractivity contribution in [3.63, 3.8) is 0 Å². The summed E-state index contributed by atoms with van der Waals surface area (Å²) in [5.41, 5.74) is 4.80. The van der Waals surface area contributed by atoms with Gasteiger partial charge in [-0.05, 0) is 50.8 Å². The first kappa shape index (κ1) is 17.3. The molecule has 1 fully saturated rings. The van der Waals surface area contributed by atoms with Crippen molar-refractivity contribution in [2.75, 3.05) is 13.1 Å². The van der Waals surface area contributed by atoms with Crippen LogP contribution < -0.4 is 4.74 Å². The van der Waals surface area contributed by atoms with Gasteiger partial charge in [-0.1, -0.05) is 0 Å². The van der Waals surface area contributed by atoms with Crippen molar-refractivity contribution in [2.24, 2.45) is 14.1 Å². The molecule has 0 aliphatic carbocycles. The third-order valence-electron chi connectivity index (χ3n) is 6.31. The van der Waals surface area contributed by atoms with Crippen LogP contribution >= 0.6 is 0 Å². The van der Waals surface area contributed by atoms with Gasteiger partial charge in [-0.2, -0.15) is 0 Å². The summed E-state index contributed by atoms with van der Waals surface area (Å²) >= 11 is 0. The molecule has 2 aromatic heterocycles. The van der Waals surface area contributed by atoms with Crippen LogP contribution in [-0.4, -0.2) is 38.0 Å². The van der Waals surface area contributed by atoms with Gasteiger partial charge >= 0.3 is 0 Å². The third kappa shape index (κ3) is 2.54. The zero-order valence-electron chi connectivity index (χ0n) is 16.7. The SMILES string of the molecule is Cc1nc2c3c(c(C(=O)N4CCCC4)cc2n1C)CC[C@@H](c1cccn1C)O3. The number of carbonyl (C=O) groups excluding carboxylic acids is 1. The number of aryl methyl sites for hydroxylation is 3. The predicted octanol–water partition coefficient (Wildman–Crippen LogP) is 3.52. The quantitative estimate of drug-likeness (QED) is 0.686. The number of nitrogens with zero attached hydrogens (tertiary/aromatic N) is 4. The fourth-order valence-corrected chi connectivity index (χ4v) is 4.60. The van der Waals surface area contributed by atoms with Crippen LogP contribution in [0.2, 0.25) is 0 Å². The number of benzene rings is 1. The van der Waals surface area contributed by atoms with Crippen LogP contribution in [0.25, 0.3) is 11.0 Å². The Morgan fingerprint density at radius 1 is 1.25 bits per heavy atom. The van der Waals surface area contributed by atoms with E-state index in [9.17, 15) is 4.79 Å². The molecule has 0 bridgehead atoms. The van der Waals surface area contributed by atoms with E-state index < -0.39 is 0 Å². The molecule has 0 N–H and O–H groups in total. The molecule has 2 aliphatic heterocycles. The molecule has 0 saturated carbocycles. The fraction of sp³-hybridized carbons (Fsp3) is 0.455. The van der Waals surface area contributed by atoms with Crippen LogP contribution in [-0.2, 0) is 20.5 Å². The van der Waals surface area contributed by atoms with Crippen molar-refractivity contribution >= 4 is 16.9 Å². The highest BCUT2D eigenvalue weighted by Gasteiger charge is 2.32. The highest BCUT2D eigenvalue weighted by atomic mass is 16.5. The van der Waals surface area contributed by atoms with Gasteiger partial charge in [0.25, 0.3) is 5.91 Å². The first-order chi connectivity index (χ1) is 13.5. The Bertz CT molecular complexity index is 1070. The number of hydrogen-bond donors (Lipinski definition) is 0. The van der Waals surface area contributed by atoms with Gasteiger partial charge in [0.15, 0.2) is 5.75 Å². The molecule has 146 valence electrons. The first-order valence-electron chi connectivity index (χ1n) is 10.1. The van der Waals surface area contributed by atoms with Gasteiger partial charge in [0, 0.05) is 44.5 Å². The van der Waals surface area contributed by atoms with E-state index in [4.69, 9.17) is 9.72 Å². The summed E-state index contributed by atoms with van der Waals surface area (Å²) in [7, 11) is 4.04. The van der Waals surface area contributed by atoms with Crippen molar-refractivity contribution in [1.82, 2.24) is 19.0 Å². The van der Waals surface area contributed by atoms with Gasteiger partial charge in [0.1, 0.15) is 17.4 Å². The van der Waals surface area contributed by atoms with E-state index in [1.54, 1.807) is 0 Å². The van der Waals surface area contributed by atoms with Crippen molar-refractivity contribution < 1.29 is 9.53 Å². The van der Waals surface area contributed by atoms with Crippen molar-refractivity contribution in [3.8, 4) is 5.75 Å². The summed E-state index contributed by atoms with van der Waals surface area (Å²) in [4.78, 5) is 20.0. The number of imidazole rings is 1. The first-order valence-corrected chi connectivity index (χ1v) is 10.1. The lowest BCUT2D eigenvalue weighted by molar-refractivity contribution is 0.0788. The maximum atomic E-state index is 13.3. The van der Waals surface area contributed by atoms with Crippen LogP contribution in [0.15, 0.2) is 24.4 Å². The number of rotatable bonds is 2. The van der Waals surface area contributed by atoms with E-state index in [1.807, 2.05) is 48.8 Å². The van der Waals surface area contributed by atoms with E-state index in [0.29, 0.717) is 0 Å². The Hall–Kier alpha value is -2.76. The molecule has 28 heavy (non-hydrogen) atoms. The van der Waals surface area contributed by atoms with Gasteiger partial charge in [-0.15, -0.1) is 0 Å². The molecule has 4 heterocycles. The summed E-state index contributed by atoms with van der Waals surface area (Å²) in [6.07, 6.45) is 5.89. The molecular weight excluding hydrogens is 352 g/mol. The number of carbonyl (C=O) groups is 1. The highest BCUT2D eigenvalue weighted by molar-refractivity contribution is 6.01. The van der Waals surface area contributed by atoms with E-state index in [-0.39, 0.29) is 12.0 Å². The van der Waals surface area contributed by atoms with Gasteiger partial charge < -0.3 is 18.8 Å². The molecule has 1 saturated heterocycles. The van der Waals surface area contributed by atoms with E-state index in [2.05, 4.69) is 10.6 Å². The molecule has 0 spiro atoms. The maximum absolute atomic E-state index is 13.3. The lowest BCUT2D eigenvalue weighted by Gasteiger charge is -2.29. The average molecular weight is 378 g/mol. The number of likely N-dealkylation sites (tertiary alicyclic amines) is 1. The molecule has 3 aromatic rings. The van der Waals surface area contributed by atoms with Crippen LogP contribution in [0.4, 0.5) is 0 Å². The van der Waals surface area contributed by atoms with Crippen LogP contribution in [0.1, 0.15) is 52.8 Å². The number of hydrogen-bond acceptors (Lipinski definition) is 3. The Morgan fingerprint density at radius 3 is 2.75 bits per heavy atom. The zero-order valence-corrected chi connectivity index (χ0v) is 16.7. The van der Waals surface area contributed by atoms with Gasteiger partial charge in [-0.25, -0.2) is 4.98 Å². The van der Waals surface area contributed by atoms with Crippen LogP contribution in [0.5, 0.6) is 5.75 Å². The van der Waals surface area contributed by atoms with Crippen molar-refractivity contribution in [1.29, 1.82) is 0 Å². The molecule has 1 atom stereocenters. The highest BCUT2D eigenvalue weighted by Crippen LogP contribution is 2.42. The summed E-state index contributed by atoms with van der Waals surface area (Å²) in [5, 5.41) is 0. The van der Waals surface area contributed by atoms with E-state index >= 15 is 0 Å². The minimum absolute atomic E-state index is 0.0184. The number of aromatic nitrogens is 3. The van der Waals surface area contributed by atoms with Crippen LogP contribution in [0.3, 0.4) is 0 Å². The van der Waals surface area contributed by atoms with E-state index in [1.165, 1.54) is 0 Å². The largest absolute Gasteiger partial charge is 0.482 e. The molecule has 0 radical (unpaired) electrons. The van der Waals surface area contributed by atoms with Crippen molar-refractivity contribution in [2.45, 2.75) is 38.7 Å². The minimum atomic E-state index is -0.0184. The smallest absolute Gasteiger partial charge is 0.254 e. The minimum Gasteiger partial charge on any atom is -0.482 e. The molecule has 1 amide bonds. The second kappa shape index (κ2) is 6.40. The van der Waals surface area contributed by atoms with E-state index in [0.717, 1.165) is 78.2 Å². The number of fused-ring (bicyclic) bond motifs is 3. The van der Waals surface area contributed by atoms with Gasteiger partial charge in [-0.3, -0.25) is 4.79 Å². The Balaban J connectivity index is 1.66. The lowest BCUT2D eigenvalue weighted by Crippen LogP contribution is -2.29.